The number of ether oxygens (including phenoxy) is 1. The van der Waals surface area contributed by atoms with Crippen LogP contribution in [0.1, 0.15) is 25.8 Å². The molecule has 0 saturated heterocycles. The van der Waals surface area contributed by atoms with E-state index >= 15 is 0 Å². The highest BCUT2D eigenvalue weighted by molar-refractivity contribution is 5.96. The van der Waals surface area contributed by atoms with Crippen LogP contribution in [0.4, 0.5) is 11.4 Å². The van der Waals surface area contributed by atoms with Crippen molar-refractivity contribution in [2.45, 2.75) is 25.7 Å². The van der Waals surface area contributed by atoms with Gasteiger partial charge in [0.15, 0.2) is 0 Å². The Bertz CT molecular complexity index is 453. The number of amides is 1. The lowest BCUT2D eigenvalue weighted by atomic mass is 9.78. The predicted octanol–water partition coefficient (Wildman–Crippen LogP) is 1.90. The van der Waals surface area contributed by atoms with Gasteiger partial charge < -0.3 is 15.8 Å². The van der Waals surface area contributed by atoms with Crippen molar-refractivity contribution in [3.8, 4) is 5.75 Å². The van der Waals surface area contributed by atoms with Crippen molar-refractivity contribution in [3.05, 3.63) is 17.7 Å². The van der Waals surface area contributed by atoms with Gasteiger partial charge in [-0.25, -0.2) is 0 Å². The number of hydrogen-bond acceptors (Lipinski definition) is 3. The number of methoxy groups -OCH3 is 1. The Hall–Kier alpha value is -1.71. The fraction of sp³-hybridized carbons (Fsp3) is 0.417. The molecule has 0 aromatic heterocycles. The van der Waals surface area contributed by atoms with E-state index in [2.05, 4.69) is 5.32 Å². The number of rotatable bonds is 1. The Morgan fingerprint density at radius 1 is 1.44 bits per heavy atom. The molecule has 0 saturated carbocycles. The summed E-state index contributed by atoms with van der Waals surface area (Å²) in [6, 6.07) is 3.66. The van der Waals surface area contributed by atoms with Crippen molar-refractivity contribution < 1.29 is 9.53 Å². The summed E-state index contributed by atoms with van der Waals surface area (Å²) in [7, 11) is 1.59. The lowest BCUT2D eigenvalue weighted by molar-refractivity contribution is -0.117. The van der Waals surface area contributed by atoms with Gasteiger partial charge in [-0.05, 0) is 17.7 Å². The van der Waals surface area contributed by atoms with Crippen LogP contribution in [-0.4, -0.2) is 13.0 Å². The maximum atomic E-state index is 11.5. The Balaban J connectivity index is 2.60. The maximum absolute atomic E-state index is 11.5. The van der Waals surface area contributed by atoms with Crippen LogP contribution in [0.25, 0.3) is 0 Å². The van der Waals surface area contributed by atoms with E-state index in [0.717, 1.165) is 11.3 Å². The zero-order valence-electron chi connectivity index (χ0n) is 9.76. The standard InChI is InChI=1S/C12H16N2O2/c1-12(2)6-11(15)14-9-5-8(13)10(16-3)4-7(9)12/h4-5H,6,13H2,1-3H3,(H,14,15). The number of carbonyl (C=O) groups excluding carboxylic acids is 1. The molecular weight excluding hydrogens is 204 g/mol. The molecule has 0 bridgehead atoms. The number of hydrogen-bond donors (Lipinski definition) is 2. The second-order valence-corrected chi connectivity index (χ2v) is 4.75. The van der Waals surface area contributed by atoms with Crippen LogP contribution in [0.2, 0.25) is 0 Å². The fourth-order valence-electron chi connectivity index (χ4n) is 2.13. The van der Waals surface area contributed by atoms with Gasteiger partial charge >= 0.3 is 0 Å². The second-order valence-electron chi connectivity index (χ2n) is 4.75. The summed E-state index contributed by atoms with van der Waals surface area (Å²) in [6.07, 6.45) is 0.479. The molecule has 0 unspecified atom stereocenters. The van der Waals surface area contributed by atoms with Crippen LogP contribution in [0.3, 0.4) is 0 Å². The Kier molecular flexibility index (Phi) is 2.30. The molecule has 0 fully saturated rings. The molecule has 1 heterocycles. The number of anilines is 2. The fourth-order valence-corrected chi connectivity index (χ4v) is 2.13. The van der Waals surface area contributed by atoms with Crippen LogP contribution in [0.15, 0.2) is 12.1 Å². The SMILES string of the molecule is COc1cc2c(cc1N)NC(=O)CC2(C)C. The highest BCUT2D eigenvalue weighted by Crippen LogP contribution is 2.41. The van der Waals surface area contributed by atoms with E-state index in [0.29, 0.717) is 17.9 Å². The van der Waals surface area contributed by atoms with E-state index in [1.54, 1.807) is 13.2 Å². The van der Waals surface area contributed by atoms with Crippen LogP contribution < -0.4 is 15.8 Å². The summed E-state index contributed by atoms with van der Waals surface area (Å²) in [5.74, 6) is 0.685. The molecule has 3 N–H and O–H groups in total. The van der Waals surface area contributed by atoms with E-state index in [1.165, 1.54) is 0 Å². The number of benzene rings is 1. The number of nitrogens with one attached hydrogen (secondary N) is 1. The first-order chi connectivity index (χ1) is 7.44. The number of fused-ring (bicyclic) bond motifs is 1. The minimum absolute atomic E-state index is 0.0297. The van der Waals surface area contributed by atoms with Crippen molar-refractivity contribution in [1.29, 1.82) is 0 Å². The third-order valence-corrected chi connectivity index (χ3v) is 2.98. The molecule has 0 spiro atoms. The average Bonchev–Trinajstić information content (AvgIpc) is 2.15. The molecule has 86 valence electrons. The molecular formula is C12H16N2O2. The highest BCUT2D eigenvalue weighted by Gasteiger charge is 2.32. The van der Waals surface area contributed by atoms with Gasteiger partial charge in [0.05, 0.1) is 12.8 Å². The minimum atomic E-state index is -0.182. The normalized spacial score (nSPS) is 17.6. The van der Waals surface area contributed by atoms with Gasteiger partial charge in [0, 0.05) is 17.5 Å². The third kappa shape index (κ3) is 1.60. The molecule has 1 aliphatic heterocycles. The van der Waals surface area contributed by atoms with Gasteiger partial charge in [0.1, 0.15) is 5.75 Å². The topological polar surface area (TPSA) is 64.3 Å². The molecule has 1 aromatic carbocycles. The number of nitrogens with two attached hydrogens (primary N) is 1. The first-order valence-corrected chi connectivity index (χ1v) is 5.22. The zero-order chi connectivity index (χ0) is 11.9. The first kappa shape index (κ1) is 10.8. The van der Waals surface area contributed by atoms with Crippen molar-refractivity contribution in [2.75, 3.05) is 18.2 Å². The van der Waals surface area contributed by atoms with Crippen molar-refractivity contribution in [2.24, 2.45) is 0 Å². The molecule has 4 heteroatoms. The summed E-state index contributed by atoms with van der Waals surface area (Å²) >= 11 is 0. The summed E-state index contributed by atoms with van der Waals surface area (Å²) in [5.41, 5.74) is 8.03. The Labute approximate surface area is 94.8 Å². The number of carbonyl (C=O) groups is 1. The van der Waals surface area contributed by atoms with E-state index in [9.17, 15) is 4.79 Å². The highest BCUT2D eigenvalue weighted by atomic mass is 16.5. The van der Waals surface area contributed by atoms with Gasteiger partial charge in [-0.2, -0.15) is 0 Å². The van der Waals surface area contributed by atoms with E-state index in [-0.39, 0.29) is 11.3 Å². The summed E-state index contributed by atoms with van der Waals surface area (Å²) in [5, 5.41) is 2.83. The maximum Gasteiger partial charge on any atom is 0.225 e. The zero-order valence-corrected chi connectivity index (χ0v) is 9.76. The van der Waals surface area contributed by atoms with E-state index < -0.39 is 0 Å². The van der Waals surface area contributed by atoms with Crippen LogP contribution in [0, 0.1) is 0 Å². The van der Waals surface area contributed by atoms with Crippen LogP contribution in [0.5, 0.6) is 5.75 Å². The summed E-state index contributed by atoms with van der Waals surface area (Å²) in [4.78, 5) is 11.5. The largest absolute Gasteiger partial charge is 0.495 e. The lowest BCUT2D eigenvalue weighted by Crippen LogP contribution is -2.32. The van der Waals surface area contributed by atoms with Crippen molar-refractivity contribution in [3.63, 3.8) is 0 Å². The van der Waals surface area contributed by atoms with Crippen LogP contribution >= 0.6 is 0 Å². The first-order valence-electron chi connectivity index (χ1n) is 5.22. The smallest absolute Gasteiger partial charge is 0.225 e. The van der Waals surface area contributed by atoms with E-state index in [4.69, 9.17) is 10.5 Å². The van der Waals surface area contributed by atoms with Gasteiger partial charge in [0.25, 0.3) is 0 Å². The van der Waals surface area contributed by atoms with Gasteiger partial charge in [-0.3, -0.25) is 4.79 Å². The summed E-state index contributed by atoms with van der Waals surface area (Å²) in [6.45, 7) is 4.08. The molecule has 0 radical (unpaired) electrons. The molecule has 1 aromatic rings. The quantitative estimate of drug-likeness (QED) is 0.710. The predicted molar refractivity (Wildman–Crippen MR) is 63.7 cm³/mol. The molecule has 2 rings (SSSR count). The second kappa shape index (κ2) is 3.40. The third-order valence-electron chi connectivity index (χ3n) is 2.98. The Morgan fingerprint density at radius 2 is 2.12 bits per heavy atom. The van der Waals surface area contributed by atoms with E-state index in [1.807, 2.05) is 19.9 Å². The van der Waals surface area contributed by atoms with Gasteiger partial charge in [-0.1, -0.05) is 13.8 Å². The molecule has 4 nitrogen and oxygen atoms in total. The van der Waals surface area contributed by atoms with Crippen LogP contribution in [-0.2, 0) is 10.2 Å². The molecule has 1 aliphatic rings. The average molecular weight is 220 g/mol. The van der Waals surface area contributed by atoms with Crippen molar-refractivity contribution in [1.82, 2.24) is 0 Å². The Morgan fingerprint density at radius 3 is 2.75 bits per heavy atom. The molecule has 1 amide bonds. The molecule has 0 atom stereocenters. The van der Waals surface area contributed by atoms with Crippen molar-refractivity contribution >= 4 is 17.3 Å². The molecule has 16 heavy (non-hydrogen) atoms. The number of nitrogen functional groups attached to an aromatic ring is 1. The summed E-state index contributed by atoms with van der Waals surface area (Å²) < 4.78 is 5.19. The van der Waals surface area contributed by atoms with Gasteiger partial charge in [0.2, 0.25) is 5.91 Å². The molecule has 0 aliphatic carbocycles. The van der Waals surface area contributed by atoms with Gasteiger partial charge in [-0.15, -0.1) is 0 Å². The lowest BCUT2D eigenvalue weighted by Gasteiger charge is -2.32. The minimum Gasteiger partial charge on any atom is -0.495 e. The monoisotopic (exact) mass is 220 g/mol.